The third kappa shape index (κ3) is 6.07. The van der Waals surface area contributed by atoms with Crippen LogP contribution in [0.3, 0.4) is 0 Å². The molecule has 0 saturated carbocycles. The van der Waals surface area contributed by atoms with Crippen LogP contribution in [0, 0.1) is 0 Å². The molecule has 264 valence electrons. The summed E-state index contributed by atoms with van der Waals surface area (Å²) < 4.78 is 2.39. The summed E-state index contributed by atoms with van der Waals surface area (Å²) >= 11 is 0. The van der Waals surface area contributed by atoms with Crippen molar-refractivity contribution in [3.63, 3.8) is 0 Å². The zero-order chi connectivity index (χ0) is 37.3. The fraction of sp³-hybridized carbons (Fsp3) is 0. The molecule has 0 N–H and O–H groups in total. The van der Waals surface area contributed by atoms with Crippen LogP contribution in [-0.4, -0.2) is 19.5 Å². The zero-order valence-electron chi connectivity index (χ0n) is 30.4. The average Bonchev–Trinajstić information content (AvgIpc) is 3.63. The van der Waals surface area contributed by atoms with Gasteiger partial charge in [-0.15, -0.1) is 0 Å². The molecule has 5 nitrogen and oxygen atoms in total. The second-order valence-electron chi connectivity index (χ2n) is 13.7. The van der Waals surface area contributed by atoms with Gasteiger partial charge in [0.15, 0.2) is 17.5 Å². The Kier molecular flexibility index (Phi) is 8.43. The summed E-state index contributed by atoms with van der Waals surface area (Å²) in [6.45, 7) is 0. The smallest absolute Gasteiger partial charge is 0.164 e. The number of para-hydroxylation sites is 4. The molecular weight excluding hydrogens is 683 g/mol. The average molecular weight is 718 g/mol. The Hall–Kier alpha value is -7.63. The van der Waals surface area contributed by atoms with E-state index in [9.17, 15) is 0 Å². The largest absolute Gasteiger partial charge is 0.311 e. The third-order valence-electron chi connectivity index (χ3n) is 10.2. The normalized spacial score (nSPS) is 11.2. The molecule has 0 bridgehead atoms. The predicted octanol–water partition coefficient (Wildman–Crippen LogP) is 13.1. The molecule has 2 aromatic heterocycles. The van der Waals surface area contributed by atoms with Crippen molar-refractivity contribution >= 4 is 38.9 Å². The molecule has 5 heteroatoms. The van der Waals surface area contributed by atoms with E-state index in [1.165, 1.54) is 10.8 Å². The highest BCUT2D eigenvalue weighted by molar-refractivity contribution is 6.13. The first-order valence-electron chi connectivity index (χ1n) is 18.8. The van der Waals surface area contributed by atoms with E-state index < -0.39 is 0 Å². The number of nitrogens with zero attached hydrogens (tertiary/aromatic N) is 5. The molecule has 0 atom stereocenters. The molecule has 0 aliphatic heterocycles. The quantitative estimate of drug-likeness (QED) is 0.157. The Morgan fingerprint density at radius 1 is 0.321 bits per heavy atom. The van der Waals surface area contributed by atoms with Gasteiger partial charge in [-0.3, -0.25) is 0 Å². The molecule has 0 spiro atoms. The number of anilines is 3. The fourth-order valence-corrected chi connectivity index (χ4v) is 7.61. The zero-order valence-corrected chi connectivity index (χ0v) is 30.4. The summed E-state index contributed by atoms with van der Waals surface area (Å²) in [6.07, 6.45) is 0. The Balaban J connectivity index is 1.08. The Labute approximate surface area is 325 Å². The molecule has 0 aliphatic carbocycles. The molecular formula is C51H35N5. The van der Waals surface area contributed by atoms with Crippen LogP contribution in [-0.2, 0) is 0 Å². The molecule has 0 unspecified atom stereocenters. The Morgan fingerprint density at radius 3 is 1.30 bits per heavy atom. The maximum Gasteiger partial charge on any atom is 0.164 e. The van der Waals surface area contributed by atoms with Crippen LogP contribution in [0.1, 0.15) is 0 Å². The lowest BCUT2D eigenvalue weighted by Crippen LogP contribution is -2.09. The molecule has 0 fully saturated rings. The van der Waals surface area contributed by atoms with Crippen LogP contribution in [0.25, 0.3) is 72.8 Å². The summed E-state index contributed by atoms with van der Waals surface area (Å²) in [7, 11) is 0. The second-order valence-corrected chi connectivity index (χ2v) is 13.7. The van der Waals surface area contributed by atoms with Crippen LogP contribution in [0.2, 0.25) is 0 Å². The van der Waals surface area contributed by atoms with Gasteiger partial charge in [0, 0.05) is 55.8 Å². The molecule has 0 radical (unpaired) electrons. The van der Waals surface area contributed by atoms with Crippen LogP contribution in [0.5, 0.6) is 0 Å². The van der Waals surface area contributed by atoms with E-state index in [4.69, 9.17) is 15.0 Å². The topological polar surface area (TPSA) is 46.8 Å². The Morgan fingerprint density at radius 2 is 0.750 bits per heavy atom. The minimum absolute atomic E-state index is 0.632. The lowest BCUT2D eigenvalue weighted by molar-refractivity contribution is 1.07. The van der Waals surface area contributed by atoms with Gasteiger partial charge in [0.05, 0.1) is 11.0 Å². The van der Waals surface area contributed by atoms with Gasteiger partial charge in [0.2, 0.25) is 0 Å². The van der Waals surface area contributed by atoms with E-state index in [0.717, 1.165) is 61.6 Å². The van der Waals surface area contributed by atoms with E-state index in [-0.39, 0.29) is 0 Å². The highest BCUT2D eigenvalue weighted by Crippen LogP contribution is 2.40. The maximum absolute atomic E-state index is 4.97. The summed E-state index contributed by atoms with van der Waals surface area (Å²) in [5.41, 5.74) is 11.8. The van der Waals surface area contributed by atoms with Gasteiger partial charge in [-0.2, -0.15) is 0 Å². The van der Waals surface area contributed by atoms with Crippen LogP contribution >= 0.6 is 0 Å². The van der Waals surface area contributed by atoms with Crippen molar-refractivity contribution in [2.75, 3.05) is 4.90 Å². The Bertz CT molecular complexity index is 2830. The van der Waals surface area contributed by atoms with Crippen molar-refractivity contribution in [2.24, 2.45) is 0 Å². The van der Waals surface area contributed by atoms with Gasteiger partial charge in [-0.05, 0) is 72.3 Å². The molecule has 10 aromatic rings. The van der Waals surface area contributed by atoms with E-state index in [2.05, 4.69) is 161 Å². The number of fused-ring (bicyclic) bond motifs is 3. The monoisotopic (exact) mass is 717 g/mol. The summed E-state index contributed by atoms with van der Waals surface area (Å²) in [4.78, 5) is 17.1. The van der Waals surface area contributed by atoms with Crippen molar-refractivity contribution in [2.45, 2.75) is 0 Å². The van der Waals surface area contributed by atoms with Crippen molar-refractivity contribution in [3.8, 4) is 51.0 Å². The van der Waals surface area contributed by atoms with Gasteiger partial charge in [0.25, 0.3) is 0 Å². The SMILES string of the molecule is c1ccc(-c2nc(-c3ccccc3)nc(-c3ccc(-n4c5ccccc5c5cccc(-c6ccc(N(c7ccccc7)c7ccccc7)cc6)c54)cc3)n2)cc1. The number of aromatic nitrogens is 4. The standard InChI is InChI=1S/C51H35N5/c1-5-16-37(17-6-1)49-52-50(38-18-7-2-8-19-38)54-51(53-49)39-30-34-43(35-31-39)56-47-27-14-13-24-45(47)46-26-15-25-44(48(46)56)36-28-32-42(33-29-36)55(40-20-9-3-10-21-40)41-22-11-4-12-23-41/h1-35H. The van der Waals surface area contributed by atoms with Crippen LogP contribution < -0.4 is 4.90 Å². The van der Waals surface area contributed by atoms with Crippen LogP contribution in [0.15, 0.2) is 212 Å². The van der Waals surface area contributed by atoms with Gasteiger partial charge < -0.3 is 9.47 Å². The van der Waals surface area contributed by atoms with Crippen molar-refractivity contribution in [1.29, 1.82) is 0 Å². The lowest BCUT2D eigenvalue weighted by Gasteiger charge is -2.25. The molecule has 2 heterocycles. The first kappa shape index (κ1) is 33.0. The predicted molar refractivity (Wildman–Crippen MR) is 231 cm³/mol. The van der Waals surface area contributed by atoms with E-state index in [0.29, 0.717) is 17.5 Å². The first-order valence-corrected chi connectivity index (χ1v) is 18.8. The minimum atomic E-state index is 0.632. The van der Waals surface area contributed by atoms with E-state index in [1.807, 2.05) is 60.7 Å². The molecule has 0 saturated heterocycles. The number of hydrogen-bond donors (Lipinski definition) is 0. The highest BCUT2D eigenvalue weighted by atomic mass is 15.1. The molecule has 8 aromatic carbocycles. The lowest BCUT2D eigenvalue weighted by atomic mass is 10.0. The first-order chi connectivity index (χ1) is 27.8. The number of benzene rings is 8. The van der Waals surface area contributed by atoms with Gasteiger partial charge in [-0.1, -0.05) is 146 Å². The highest BCUT2D eigenvalue weighted by Gasteiger charge is 2.18. The summed E-state index contributed by atoms with van der Waals surface area (Å²) in [5.74, 6) is 1.92. The van der Waals surface area contributed by atoms with E-state index in [1.54, 1.807) is 0 Å². The van der Waals surface area contributed by atoms with E-state index >= 15 is 0 Å². The number of hydrogen-bond acceptors (Lipinski definition) is 4. The molecule has 0 amide bonds. The molecule has 56 heavy (non-hydrogen) atoms. The van der Waals surface area contributed by atoms with Crippen LogP contribution in [0.4, 0.5) is 17.1 Å². The molecule has 10 rings (SSSR count). The van der Waals surface area contributed by atoms with Gasteiger partial charge in [0.1, 0.15) is 0 Å². The minimum Gasteiger partial charge on any atom is -0.311 e. The summed E-state index contributed by atoms with van der Waals surface area (Å²) in [5, 5.41) is 2.42. The number of rotatable bonds is 8. The third-order valence-corrected chi connectivity index (χ3v) is 10.2. The van der Waals surface area contributed by atoms with Crippen molar-refractivity contribution < 1.29 is 0 Å². The maximum atomic E-state index is 4.97. The van der Waals surface area contributed by atoms with Gasteiger partial charge >= 0.3 is 0 Å². The van der Waals surface area contributed by atoms with Crippen molar-refractivity contribution in [1.82, 2.24) is 19.5 Å². The van der Waals surface area contributed by atoms with Gasteiger partial charge in [-0.25, -0.2) is 15.0 Å². The molecule has 0 aliphatic rings. The summed E-state index contributed by atoms with van der Waals surface area (Å²) in [6, 6.07) is 74.0. The fourth-order valence-electron chi connectivity index (χ4n) is 7.61. The second kappa shape index (κ2) is 14.3. The van der Waals surface area contributed by atoms with Crippen molar-refractivity contribution in [3.05, 3.63) is 212 Å².